The zero-order valence-electron chi connectivity index (χ0n) is 11.2. The van der Waals surface area contributed by atoms with Gasteiger partial charge in [0, 0.05) is 36.0 Å². The molecule has 0 atom stereocenters. The lowest BCUT2D eigenvalue weighted by atomic mass is 10.1. The zero-order valence-corrected chi connectivity index (χ0v) is 12.8. The number of anilines is 1. The highest BCUT2D eigenvalue weighted by molar-refractivity contribution is 8.00. The van der Waals surface area contributed by atoms with E-state index in [0.717, 1.165) is 12.2 Å². The van der Waals surface area contributed by atoms with Gasteiger partial charge >= 0.3 is 0 Å². The van der Waals surface area contributed by atoms with Crippen molar-refractivity contribution in [3.63, 3.8) is 0 Å². The van der Waals surface area contributed by atoms with Crippen molar-refractivity contribution in [3.05, 3.63) is 18.5 Å². The first-order valence-electron chi connectivity index (χ1n) is 6.16. The third kappa shape index (κ3) is 3.21. The van der Waals surface area contributed by atoms with Crippen LogP contribution in [-0.2, 0) is 10.0 Å². The molecule has 2 rings (SSSR count). The third-order valence-corrected chi connectivity index (χ3v) is 6.55. The summed E-state index contributed by atoms with van der Waals surface area (Å²) in [6.07, 6.45) is 3.65. The SMILES string of the molecule is CC1(C)CCN(S(=O)(=O)c2cnccc2N)CCS1. The summed E-state index contributed by atoms with van der Waals surface area (Å²) < 4.78 is 26.8. The van der Waals surface area contributed by atoms with E-state index < -0.39 is 10.0 Å². The molecule has 0 bridgehead atoms. The summed E-state index contributed by atoms with van der Waals surface area (Å²) >= 11 is 1.81. The lowest BCUT2D eigenvalue weighted by molar-refractivity contribution is 0.415. The molecule has 0 aromatic carbocycles. The van der Waals surface area contributed by atoms with Crippen molar-refractivity contribution in [2.75, 3.05) is 24.6 Å². The molecule has 0 unspecified atom stereocenters. The molecule has 7 heteroatoms. The molecule has 0 radical (unpaired) electrons. The van der Waals surface area contributed by atoms with Crippen LogP contribution >= 0.6 is 11.8 Å². The summed E-state index contributed by atoms with van der Waals surface area (Å²) in [6, 6.07) is 1.52. The van der Waals surface area contributed by atoms with Crippen LogP contribution in [0.25, 0.3) is 0 Å². The topological polar surface area (TPSA) is 76.3 Å². The monoisotopic (exact) mass is 301 g/mol. The molecule has 106 valence electrons. The minimum atomic E-state index is -3.53. The standard InChI is InChI=1S/C12H19N3O2S2/c1-12(2)4-6-15(7-8-18-12)19(16,17)11-9-14-5-3-10(11)13/h3,5,9H,4,6-8H2,1-2H3,(H2,13,14). The molecule has 1 fully saturated rings. The van der Waals surface area contributed by atoms with E-state index in [2.05, 4.69) is 18.8 Å². The number of nitrogens with two attached hydrogens (primary N) is 1. The average Bonchev–Trinajstić information content (AvgIpc) is 2.51. The first-order valence-corrected chi connectivity index (χ1v) is 8.59. The highest BCUT2D eigenvalue weighted by Crippen LogP contribution is 2.33. The average molecular weight is 301 g/mol. The van der Waals surface area contributed by atoms with Gasteiger partial charge in [-0.1, -0.05) is 13.8 Å². The summed E-state index contributed by atoms with van der Waals surface area (Å²) in [7, 11) is -3.53. The van der Waals surface area contributed by atoms with Crippen LogP contribution in [0, 0.1) is 0 Å². The molecule has 1 saturated heterocycles. The molecule has 1 aliphatic heterocycles. The second-order valence-corrected chi connectivity index (χ2v) is 8.88. The van der Waals surface area contributed by atoms with Crippen molar-refractivity contribution in [2.24, 2.45) is 0 Å². The molecule has 2 N–H and O–H groups in total. The lowest BCUT2D eigenvalue weighted by Gasteiger charge is -2.22. The highest BCUT2D eigenvalue weighted by Gasteiger charge is 2.31. The molecular formula is C12H19N3O2S2. The number of hydrogen-bond acceptors (Lipinski definition) is 5. The summed E-state index contributed by atoms with van der Waals surface area (Å²) in [5, 5.41) is 0. The van der Waals surface area contributed by atoms with E-state index in [-0.39, 0.29) is 15.3 Å². The van der Waals surface area contributed by atoms with Crippen LogP contribution < -0.4 is 5.73 Å². The second-order valence-electron chi connectivity index (χ2n) is 5.18. The van der Waals surface area contributed by atoms with Crippen molar-refractivity contribution in [1.29, 1.82) is 0 Å². The summed E-state index contributed by atoms with van der Waals surface area (Å²) in [5.41, 5.74) is 6.01. The summed E-state index contributed by atoms with van der Waals surface area (Å²) in [4.78, 5) is 3.98. The van der Waals surface area contributed by atoms with Crippen LogP contribution in [0.4, 0.5) is 5.69 Å². The van der Waals surface area contributed by atoms with Gasteiger partial charge < -0.3 is 5.73 Å². The van der Waals surface area contributed by atoms with Crippen molar-refractivity contribution in [2.45, 2.75) is 29.9 Å². The first kappa shape index (κ1) is 14.6. The van der Waals surface area contributed by atoms with Crippen LogP contribution in [0.5, 0.6) is 0 Å². The maximum Gasteiger partial charge on any atom is 0.246 e. The number of hydrogen-bond donors (Lipinski definition) is 1. The van der Waals surface area contributed by atoms with Crippen LogP contribution in [0.2, 0.25) is 0 Å². The molecule has 0 amide bonds. The number of nitrogen functional groups attached to an aromatic ring is 1. The molecule has 1 aromatic heterocycles. The van der Waals surface area contributed by atoms with Crippen LogP contribution in [0.15, 0.2) is 23.4 Å². The van der Waals surface area contributed by atoms with Crippen LogP contribution in [0.3, 0.4) is 0 Å². The maximum atomic E-state index is 12.6. The molecule has 1 aliphatic rings. The number of nitrogens with zero attached hydrogens (tertiary/aromatic N) is 2. The Hall–Kier alpha value is -0.790. The Morgan fingerprint density at radius 3 is 2.84 bits per heavy atom. The molecule has 0 saturated carbocycles. The van der Waals surface area contributed by atoms with Gasteiger partial charge in [-0.15, -0.1) is 0 Å². The van der Waals surface area contributed by atoms with E-state index >= 15 is 0 Å². The molecule has 0 aliphatic carbocycles. The molecule has 5 nitrogen and oxygen atoms in total. The Bertz CT molecular complexity index is 558. The number of pyridine rings is 1. The third-order valence-electron chi connectivity index (χ3n) is 3.23. The van der Waals surface area contributed by atoms with Gasteiger partial charge in [0.05, 0.1) is 5.69 Å². The number of aromatic nitrogens is 1. The lowest BCUT2D eigenvalue weighted by Crippen LogP contribution is -2.34. The van der Waals surface area contributed by atoms with E-state index in [1.807, 2.05) is 11.8 Å². The van der Waals surface area contributed by atoms with Gasteiger partial charge in [0.25, 0.3) is 0 Å². The van der Waals surface area contributed by atoms with E-state index in [0.29, 0.717) is 13.1 Å². The first-order chi connectivity index (χ1) is 8.83. The smallest absolute Gasteiger partial charge is 0.246 e. The van der Waals surface area contributed by atoms with Crippen molar-refractivity contribution < 1.29 is 8.42 Å². The Kier molecular flexibility index (Phi) is 4.08. The predicted octanol–water partition coefficient (Wildman–Crippen LogP) is 1.57. The Balaban J connectivity index is 2.28. The van der Waals surface area contributed by atoms with Gasteiger partial charge in [-0.05, 0) is 12.5 Å². The minimum Gasteiger partial charge on any atom is -0.398 e. The van der Waals surface area contributed by atoms with Crippen molar-refractivity contribution >= 4 is 27.5 Å². The Labute approximate surface area is 118 Å². The fourth-order valence-corrected chi connectivity index (χ4v) is 4.70. The Morgan fingerprint density at radius 1 is 1.42 bits per heavy atom. The van der Waals surface area contributed by atoms with Gasteiger partial charge in [-0.2, -0.15) is 16.1 Å². The zero-order chi connectivity index (χ0) is 14.1. The molecule has 0 spiro atoms. The maximum absolute atomic E-state index is 12.6. The van der Waals surface area contributed by atoms with Crippen molar-refractivity contribution in [1.82, 2.24) is 9.29 Å². The second kappa shape index (κ2) is 5.30. The minimum absolute atomic E-state index is 0.111. The quantitative estimate of drug-likeness (QED) is 0.897. The molecule has 19 heavy (non-hydrogen) atoms. The summed E-state index contributed by atoms with van der Waals surface area (Å²) in [6.45, 7) is 5.33. The van der Waals surface area contributed by atoms with Crippen LogP contribution in [-0.4, -0.2) is 41.3 Å². The van der Waals surface area contributed by atoms with Gasteiger partial charge in [0.1, 0.15) is 4.90 Å². The predicted molar refractivity (Wildman–Crippen MR) is 78.6 cm³/mol. The van der Waals surface area contributed by atoms with Crippen LogP contribution in [0.1, 0.15) is 20.3 Å². The van der Waals surface area contributed by atoms with E-state index in [4.69, 9.17) is 5.73 Å². The van der Waals surface area contributed by atoms with Gasteiger partial charge in [0.15, 0.2) is 0 Å². The van der Waals surface area contributed by atoms with Crippen molar-refractivity contribution in [3.8, 4) is 0 Å². The normalized spacial score (nSPS) is 20.9. The van der Waals surface area contributed by atoms with Gasteiger partial charge in [-0.3, -0.25) is 4.98 Å². The van der Waals surface area contributed by atoms with E-state index in [1.54, 1.807) is 0 Å². The highest BCUT2D eigenvalue weighted by atomic mass is 32.2. The van der Waals surface area contributed by atoms with Gasteiger partial charge in [-0.25, -0.2) is 8.42 Å². The summed E-state index contributed by atoms with van der Waals surface area (Å²) in [5.74, 6) is 0.798. The fraction of sp³-hybridized carbons (Fsp3) is 0.583. The Morgan fingerprint density at radius 2 is 2.16 bits per heavy atom. The number of thioether (sulfide) groups is 1. The largest absolute Gasteiger partial charge is 0.398 e. The van der Waals surface area contributed by atoms with E-state index in [9.17, 15) is 8.42 Å². The molecule has 2 heterocycles. The van der Waals surface area contributed by atoms with Gasteiger partial charge in [0.2, 0.25) is 10.0 Å². The molecule has 1 aromatic rings. The number of sulfonamides is 1. The molecular weight excluding hydrogens is 282 g/mol. The number of rotatable bonds is 2. The van der Waals surface area contributed by atoms with E-state index in [1.165, 1.54) is 22.8 Å². The fourth-order valence-electron chi connectivity index (χ4n) is 1.99.